The van der Waals surface area contributed by atoms with Crippen molar-refractivity contribution in [2.45, 2.75) is 13.0 Å². The van der Waals surface area contributed by atoms with E-state index in [-0.39, 0.29) is 34.9 Å². The molecule has 0 radical (unpaired) electrons. The first-order valence-corrected chi connectivity index (χ1v) is 7.95. The monoisotopic (exact) mass is 368 g/mol. The molecule has 1 atom stereocenters. The first kappa shape index (κ1) is 18.2. The third-order valence-corrected chi connectivity index (χ3v) is 3.97. The minimum absolute atomic E-state index is 0.0493. The Morgan fingerprint density at radius 2 is 1.83 bits per heavy atom. The summed E-state index contributed by atoms with van der Waals surface area (Å²) in [4.78, 5) is 22.5. The molecule has 0 bridgehead atoms. The number of hydrogen-bond acceptors (Lipinski definition) is 3. The SMILES string of the molecule is C[C@@H]([NH2+]CC(=O)Nc1ccc(Cl)cc1[N+](=O)[O-])c1ccc(Cl)cc1. The fraction of sp³-hybridized carbons (Fsp3) is 0.188. The van der Waals surface area contributed by atoms with Crippen molar-refractivity contribution in [3.63, 3.8) is 0 Å². The highest BCUT2D eigenvalue weighted by Crippen LogP contribution is 2.27. The van der Waals surface area contributed by atoms with Crippen molar-refractivity contribution >= 4 is 40.5 Å². The summed E-state index contributed by atoms with van der Waals surface area (Å²) in [6, 6.07) is 11.5. The van der Waals surface area contributed by atoms with E-state index in [0.29, 0.717) is 5.02 Å². The standard InChI is InChI=1S/C16H15Cl2N3O3/c1-10(11-2-4-12(17)5-3-11)19-9-16(22)20-14-7-6-13(18)8-15(14)21(23)24/h2-8,10,19H,9H2,1H3,(H,20,22)/p+1/t10-/m1/s1. The van der Waals surface area contributed by atoms with Gasteiger partial charge in [-0.1, -0.05) is 35.3 Å². The number of nitrogens with two attached hydrogens (primary N) is 1. The molecule has 3 N–H and O–H groups in total. The second-order valence-electron chi connectivity index (χ2n) is 5.25. The molecular weight excluding hydrogens is 353 g/mol. The summed E-state index contributed by atoms with van der Waals surface area (Å²) in [7, 11) is 0. The van der Waals surface area contributed by atoms with Crippen LogP contribution in [0.3, 0.4) is 0 Å². The topological polar surface area (TPSA) is 88.8 Å². The maximum absolute atomic E-state index is 12.0. The fourth-order valence-corrected chi connectivity index (χ4v) is 2.44. The Hall–Kier alpha value is -2.15. The summed E-state index contributed by atoms with van der Waals surface area (Å²) in [5, 5.41) is 16.3. The van der Waals surface area contributed by atoms with Crippen LogP contribution in [-0.2, 0) is 4.79 Å². The van der Waals surface area contributed by atoms with Crippen LogP contribution in [0.25, 0.3) is 0 Å². The molecule has 0 heterocycles. The molecule has 126 valence electrons. The van der Waals surface area contributed by atoms with Crippen LogP contribution in [0, 0.1) is 10.1 Å². The van der Waals surface area contributed by atoms with Gasteiger partial charge in [0.05, 0.1) is 4.92 Å². The van der Waals surface area contributed by atoms with Gasteiger partial charge in [-0.25, -0.2) is 0 Å². The molecular formula is C16H16Cl2N3O3+. The molecule has 2 aromatic rings. The first-order valence-electron chi connectivity index (χ1n) is 7.19. The van der Waals surface area contributed by atoms with Gasteiger partial charge in [0.2, 0.25) is 0 Å². The number of nitro benzene ring substituents is 1. The molecule has 8 heteroatoms. The average Bonchev–Trinajstić information content (AvgIpc) is 2.54. The van der Waals surface area contributed by atoms with Crippen molar-refractivity contribution in [3.8, 4) is 0 Å². The highest BCUT2D eigenvalue weighted by molar-refractivity contribution is 6.31. The quantitative estimate of drug-likeness (QED) is 0.606. The van der Waals surface area contributed by atoms with E-state index in [2.05, 4.69) is 5.32 Å². The second-order valence-corrected chi connectivity index (χ2v) is 6.12. The van der Waals surface area contributed by atoms with Crippen molar-refractivity contribution in [1.29, 1.82) is 0 Å². The molecule has 0 saturated heterocycles. The van der Waals surface area contributed by atoms with Crippen LogP contribution >= 0.6 is 23.2 Å². The number of carbonyl (C=O) groups is 1. The average molecular weight is 369 g/mol. The molecule has 1 amide bonds. The molecule has 0 aromatic heterocycles. The Labute approximate surface area is 148 Å². The third kappa shape index (κ3) is 4.92. The molecule has 2 rings (SSSR count). The van der Waals surface area contributed by atoms with Crippen LogP contribution in [-0.4, -0.2) is 17.4 Å². The van der Waals surface area contributed by atoms with Crippen LogP contribution in [0.15, 0.2) is 42.5 Å². The van der Waals surface area contributed by atoms with Crippen LogP contribution < -0.4 is 10.6 Å². The lowest BCUT2D eigenvalue weighted by Crippen LogP contribution is -2.86. The van der Waals surface area contributed by atoms with Crippen molar-refractivity contribution in [2.75, 3.05) is 11.9 Å². The van der Waals surface area contributed by atoms with Gasteiger partial charge in [0.15, 0.2) is 6.54 Å². The minimum atomic E-state index is -0.582. The lowest BCUT2D eigenvalue weighted by Gasteiger charge is -2.11. The van der Waals surface area contributed by atoms with Crippen LogP contribution in [0.2, 0.25) is 10.0 Å². The number of nitrogens with zero attached hydrogens (tertiary/aromatic N) is 1. The minimum Gasteiger partial charge on any atom is -0.333 e. The molecule has 0 saturated carbocycles. The zero-order valence-electron chi connectivity index (χ0n) is 12.8. The van der Waals surface area contributed by atoms with Gasteiger partial charge in [-0.15, -0.1) is 0 Å². The number of rotatable bonds is 6. The van der Waals surface area contributed by atoms with E-state index in [1.165, 1.54) is 18.2 Å². The Morgan fingerprint density at radius 3 is 2.46 bits per heavy atom. The molecule has 2 aromatic carbocycles. The fourth-order valence-electron chi connectivity index (χ4n) is 2.15. The smallest absolute Gasteiger partial charge is 0.294 e. The summed E-state index contributed by atoms with van der Waals surface area (Å²) in [6.07, 6.45) is 0. The number of nitro groups is 1. The molecule has 0 spiro atoms. The third-order valence-electron chi connectivity index (χ3n) is 3.48. The summed E-state index contributed by atoms with van der Waals surface area (Å²) < 4.78 is 0. The number of amides is 1. The van der Waals surface area contributed by atoms with Gasteiger partial charge < -0.3 is 10.6 Å². The van der Waals surface area contributed by atoms with Crippen molar-refractivity contribution in [3.05, 3.63) is 68.2 Å². The van der Waals surface area contributed by atoms with Gasteiger partial charge in [-0.05, 0) is 31.2 Å². The Morgan fingerprint density at radius 1 is 1.21 bits per heavy atom. The predicted octanol–water partition coefficient (Wildman–Crippen LogP) is 3.16. The van der Waals surface area contributed by atoms with Crippen molar-refractivity contribution in [1.82, 2.24) is 0 Å². The zero-order valence-corrected chi connectivity index (χ0v) is 14.3. The van der Waals surface area contributed by atoms with Gasteiger partial charge in [0, 0.05) is 21.7 Å². The highest BCUT2D eigenvalue weighted by Gasteiger charge is 2.18. The van der Waals surface area contributed by atoms with E-state index in [1.54, 1.807) is 12.1 Å². The van der Waals surface area contributed by atoms with Crippen LogP contribution in [0.5, 0.6) is 0 Å². The number of nitrogens with one attached hydrogen (secondary N) is 1. The van der Waals surface area contributed by atoms with Gasteiger partial charge in [0.1, 0.15) is 11.7 Å². The summed E-state index contributed by atoms with van der Waals surface area (Å²) >= 11 is 11.6. The number of benzene rings is 2. The molecule has 0 unspecified atom stereocenters. The van der Waals surface area contributed by atoms with E-state index in [9.17, 15) is 14.9 Å². The highest BCUT2D eigenvalue weighted by atomic mass is 35.5. The maximum Gasteiger partial charge on any atom is 0.294 e. The number of quaternary nitrogens is 1. The number of carbonyl (C=O) groups excluding carboxylic acids is 1. The second kappa shape index (κ2) is 8.10. The van der Waals surface area contributed by atoms with E-state index >= 15 is 0 Å². The van der Waals surface area contributed by atoms with Gasteiger partial charge in [0.25, 0.3) is 11.6 Å². The Bertz CT molecular complexity index is 751. The molecule has 0 aliphatic carbocycles. The number of halogens is 2. The van der Waals surface area contributed by atoms with E-state index in [0.717, 1.165) is 5.56 Å². The van der Waals surface area contributed by atoms with E-state index in [1.807, 2.05) is 24.4 Å². The Balaban J connectivity index is 1.96. The van der Waals surface area contributed by atoms with E-state index in [4.69, 9.17) is 23.2 Å². The number of hydrogen-bond donors (Lipinski definition) is 2. The van der Waals surface area contributed by atoms with Crippen LogP contribution in [0.1, 0.15) is 18.5 Å². The normalized spacial score (nSPS) is 11.8. The number of anilines is 1. The van der Waals surface area contributed by atoms with Crippen molar-refractivity contribution < 1.29 is 15.0 Å². The van der Waals surface area contributed by atoms with Crippen molar-refractivity contribution in [2.24, 2.45) is 0 Å². The molecule has 6 nitrogen and oxygen atoms in total. The predicted molar refractivity (Wildman–Crippen MR) is 93.4 cm³/mol. The maximum atomic E-state index is 12.0. The Kier molecular flexibility index (Phi) is 6.14. The van der Waals surface area contributed by atoms with Crippen LogP contribution in [0.4, 0.5) is 11.4 Å². The van der Waals surface area contributed by atoms with Gasteiger partial charge in [-0.3, -0.25) is 14.9 Å². The molecule has 0 fully saturated rings. The summed E-state index contributed by atoms with van der Waals surface area (Å²) in [5.41, 5.74) is 0.924. The molecule has 0 aliphatic heterocycles. The zero-order chi connectivity index (χ0) is 17.7. The summed E-state index contributed by atoms with van der Waals surface area (Å²) in [6.45, 7) is 2.09. The summed E-state index contributed by atoms with van der Waals surface area (Å²) in [5.74, 6) is -0.332. The van der Waals surface area contributed by atoms with E-state index < -0.39 is 4.92 Å². The lowest BCUT2D eigenvalue weighted by atomic mass is 10.1. The largest absolute Gasteiger partial charge is 0.333 e. The molecule has 0 aliphatic rings. The van der Waals surface area contributed by atoms with Gasteiger partial charge in [-0.2, -0.15) is 0 Å². The first-order chi connectivity index (χ1) is 11.4. The molecule has 24 heavy (non-hydrogen) atoms. The lowest BCUT2D eigenvalue weighted by molar-refractivity contribution is -0.682. The van der Waals surface area contributed by atoms with Gasteiger partial charge >= 0.3 is 0 Å².